The maximum atomic E-state index is 10.6. The Labute approximate surface area is 65.6 Å². The molecule has 0 heterocycles. The molecule has 0 aromatic heterocycles. The zero-order valence-electron chi connectivity index (χ0n) is 6.66. The van der Waals surface area contributed by atoms with Gasteiger partial charge in [0.05, 0.1) is 6.34 Å². The summed E-state index contributed by atoms with van der Waals surface area (Å²) in [5.74, 6) is -0.124. The van der Waals surface area contributed by atoms with Crippen molar-refractivity contribution in [3.63, 3.8) is 0 Å². The molecule has 0 bridgehead atoms. The standard InChI is InChI=1S/C6H12N4O/c1-7-4-10-5-9-3-6(11)8-2/h4-5H,3H2,1-2H3,(H,8,11)(H,7,9,10). The summed E-state index contributed by atoms with van der Waals surface area (Å²) in [7, 11) is 3.30. The molecule has 11 heavy (non-hydrogen) atoms. The number of hydrogen-bond donors (Lipinski definition) is 2. The first-order chi connectivity index (χ1) is 5.31. The molecular weight excluding hydrogens is 144 g/mol. The number of aliphatic imine (C=N–C) groups is 2. The number of carbonyl (C=O) groups is 1. The van der Waals surface area contributed by atoms with Crippen molar-refractivity contribution in [2.45, 2.75) is 0 Å². The minimum Gasteiger partial charge on any atom is -0.379 e. The normalized spacial score (nSPS) is 10.7. The van der Waals surface area contributed by atoms with Crippen molar-refractivity contribution in [2.24, 2.45) is 9.98 Å². The lowest BCUT2D eigenvalue weighted by molar-refractivity contribution is -0.119. The third-order valence-electron chi connectivity index (χ3n) is 0.866. The molecule has 0 saturated heterocycles. The molecule has 2 N–H and O–H groups in total. The van der Waals surface area contributed by atoms with E-state index in [0.717, 1.165) is 0 Å². The van der Waals surface area contributed by atoms with E-state index >= 15 is 0 Å². The van der Waals surface area contributed by atoms with E-state index in [1.54, 1.807) is 14.1 Å². The van der Waals surface area contributed by atoms with Gasteiger partial charge in [0.2, 0.25) is 5.91 Å². The van der Waals surface area contributed by atoms with Crippen molar-refractivity contribution in [2.75, 3.05) is 20.6 Å². The minimum absolute atomic E-state index is 0.123. The van der Waals surface area contributed by atoms with Crippen molar-refractivity contribution in [3.8, 4) is 0 Å². The van der Waals surface area contributed by atoms with Crippen LogP contribution in [-0.4, -0.2) is 39.2 Å². The fraction of sp³-hybridized carbons (Fsp3) is 0.500. The molecule has 1 amide bonds. The SMILES string of the molecule is CN/C=N/C=N\CC(=O)NC. The van der Waals surface area contributed by atoms with Crippen LogP contribution in [0.3, 0.4) is 0 Å². The summed E-state index contributed by atoms with van der Waals surface area (Å²) in [5.41, 5.74) is 0. The number of amides is 1. The smallest absolute Gasteiger partial charge is 0.241 e. The molecule has 0 spiro atoms. The quantitative estimate of drug-likeness (QED) is 0.405. The van der Waals surface area contributed by atoms with Crippen LogP contribution < -0.4 is 10.6 Å². The van der Waals surface area contributed by atoms with E-state index in [0.29, 0.717) is 0 Å². The van der Waals surface area contributed by atoms with Crippen LogP contribution in [0.25, 0.3) is 0 Å². The molecule has 0 saturated carbocycles. The third kappa shape index (κ3) is 6.50. The van der Waals surface area contributed by atoms with Crippen LogP contribution in [0.15, 0.2) is 9.98 Å². The molecule has 0 unspecified atom stereocenters. The van der Waals surface area contributed by atoms with Gasteiger partial charge >= 0.3 is 0 Å². The van der Waals surface area contributed by atoms with Gasteiger partial charge in [0, 0.05) is 14.1 Å². The van der Waals surface area contributed by atoms with Crippen molar-refractivity contribution >= 4 is 18.6 Å². The van der Waals surface area contributed by atoms with Crippen molar-refractivity contribution < 1.29 is 4.79 Å². The highest BCUT2D eigenvalue weighted by Crippen LogP contribution is 1.67. The molecule has 0 aromatic rings. The number of hydrogen-bond acceptors (Lipinski definition) is 2. The first kappa shape index (κ1) is 9.61. The van der Waals surface area contributed by atoms with E-state index in [2.05, 4.69) is 20.6 Å². The molecule has 0 aliphatic rings. The highest BCUT2D eigenvalue weighted by atomic mass is 16.1. The second kappa shape index (κ2) is 6.73. The third-order valence-corrected chi connectivity index (χ3v) is 0.866. The van der Waals surface area contributed by atoms with Gasteiger partial charge in [0.1, 0.15) is 12.9 Å². The molecule has 0 aliphatic heterocycles. The Hall–Kier alpha value is -1.39. The van der Waals surface area contributed by atoms with E-state index in [4.69, 9.17) is 0 Å². The Kier molecular flexibility index (Phi) is 5.88. The first-order valence-corrected chi connectivity index (χ1v) is 3.19. The molecule has 5 heteroatoms. The lowest BCUT2D eigenvalue weighted by Gasteiger charge is -1.90. The number of rotatable bonds is 4. The average Bonchev–Trinajstić information content (AvgIpc) is 2.04. The van der Waals surface area contributed by atoms with Crippen LogP contribution in [0.4, 0.5) is 0 Å². The molecule has 0 radical (unpaired) electrons. The molecule has 0 atom stereocenters. The van der Waals surface area contributed by atoms with Gasteiger partial charge in [-0.2, -0.15) is 0 Å². The Morgan fingerprint density at radius 3 is 2.82 bits per heavy atom. The van der Waals surface area contributed by atoms with Crippen molar-refractivity contribution in [3.05, 3.63) is 0 Å². The maximum absolute atomic E-state index is 10.6. The second-order valence-electron chi connectivity index (χ2n) is 1.70. The molecule has 0 rings (SSSR count). The highest BCUT2D eigenvalue weighted by molar-refractivity contribution is 5.80. The largest absolute Gasteiger partial charge is 0.379 e. The summed E-state index contributed by atoms with van der Waals surface area (Å²) in [4.78, 5) is 17.9. The zero-order valence-corrected chi connectivity index (χ0v) is 6.66. The average molecular weight is 156 g/mol. The summed E-state index contributed by atoms with van der Waals surface area (Å²) >= 11 is 0. The van der Waals surface area contributed by atoms with E-state index in [1.165, 1.54) is 12.7 Å². The second-order valence-corrected chi connectivity index (χ2v) is 1.70. The minimum atomic E-state index is -0.124. The lowest BCUT2D eigenvalue weighted by atomic mass is 10.6. The van der Waals surface area contributed by atoms with Crippen molar-refractivity contribution in [1.29, 1.82) is 0 Å². The molecule has 62 valence electrons. The van der Waals surface area contributed by atoms with Gasteiger partial charge in [-0.15, -0.1) is 0 Å². The molecule has 5 nitrogen and oxygen atoms in total. The summed E-state index contributed by atoms with van der Waals surface area (Å²) in [6, 6.07) is 0. The molecule has 0 fully saturated rings. The van der Waals surface area contributed by atoms with Gasteiger partial charge in [-0.05, 0) is 0 Å². The Balaban J connectivity index is 3.44. The monoisotopic (exact) mass is 156 g/mol. The van der Waals surface area contributed by atoms with E-state index in [1.807, 2.05) is 0 Å². The number of nitrogens with one attached hydrogen (secondary N) is 2. The Morgan fingerprint density at radius 1 is 1.55 bits per heavy atom. The van der Waals surface area contributed by atoms with Gasteiger partial charge in [-0.1, -0.05) is 0 Å². The summed E-state index contributed by atoms with van der Waals surface area (Å²) in [5, 5.41) is 5.12. The van der Waals surface area contributed by atoms with Crippen molar-refractivity contribution in [1.82, 2.24) is 10.6 Å². The number of carbonyl (C=O) groups excluding carboxylic acids is 1. The molecule has 0 aliphatic carbocycles. The predicted octanol–water partition coefficient (Wildman–Crippen LogP) is -0.992. The van der Waals surface area contributed by atoms with Crippen LogP contribution in [-0.2, 0) is 4.79 Å². The summed E-state index contributed by atoms with van der Waals surface area (Å²) in [6.45, 7) is 0.123. The van der Waals surface area contributed by atoms with E-state index in [-0.39, 0.29) is 12.5 Å². The molecule has 0 aromatic carbocycles. The number of likely N-dealkylation sites (N-methyl/N-ethyl adjacent to an activating group) is 1. The fourth-order valence-corrected chi connectivity index (χ4v) is 0.358. The predicted molar refractivity (Wildman–Crippen MR) is 45.0 cm³/mol. The van der Waals surface area contributed by atoms with Crippen LogP contribution in [0, 0.1) is 0 Å². The lowest BCUT2D eigenvalue weighted by Crippen LogP contribution is -2.20. The Bertz CT molecular complexity index is 164. The topological polar surface area (TPSA) is 65.8 Å². The van der Waals surface area contributed by atoms with Gasteiger partial charge in [0.15, 0.2) is 0 Å². The zero-order chi connectivity index (χ0) is 8.53. The van der Waals surface area contributed by atoms with Crippen LogP contribution in [0.1, 0.15) is 0 Å². The maximum Gasteiger partial charge on any atom is 0.241 e. The number of nitrogens with zero attached hydrogens (tertiary/aromatic N) is 2. The van der Waals surface area contributed by atoms with Crippen LogP contribution >= 0.6 is 0 Å². The first-order valence-electron chi connectivity index (χ1n) is 3.19. The molecular formula is C6H12N4O. The van der Waals surface area contributed by atoms with Crippen LogP contribution in [0.5, 0.6) is 0 Å². The van der Waals surface area contributed by atoms with Crippen LogP contribution in [0.2, 0.25) is 0 Å². The Morgan fingerprint density at radius 2 is 2.27 bits per heavy atom. The van der Waals surface area contributed by atoms with Gasteiger partial charge in [0.25, 0.3) is 0 Å². The van der Waals surface area contributed by atoms with E-state index < -0.39 is 0 Å². The van der Waals surface area contributed by atoms with Gasteiger partial charge < -0.3 is 10.6 Å². The summed E-state index contributed by atoms with van der Waals surface area (Å²) in [6.07, 6.45) is 2.80. The fourth-order valence-electron chi connectivity index (χ4n) is 0.358. The van der Waals surface area contributed by atoms with Gasteiger partial charge in [-0.3, -0.25) is 9.79 Å². The van der Waals surface area contributed by atoms with E-state index in [9.17, 15) is 4.79 Å². The van der Waals surface area contributed by atoms with Gasteiger partial charge in [-0.25, -0.2) is 4.99 Å². The highest BCUT2D eigenvalue weighted by Gasteiger charge is 1.89. The summed E-state index contributed by atoms with van der Waals surface area (Å²) < 4.78 is 0.